The highest BCUT2D eigenvalue weighted by Crippen LogP contribution is 2.36. The molecule has 1 fully saturated rings. The molecule has 0 bridgehead atoms. The van der Waals surface area contributed by atoms with E-state index in [0.29, 0.717) is 30.5 Å². The summed E-state index contributed by atoms with van der Waals surface area (Å²) in [6.45, 7) is 5.93. The number of aliphatic imine (C=N–C) groups is 1. The first-order valence-electron chi connectivity index (χ1n) is 6.86. The van der Waals surface area contributed by atoms with Crippen LogP contribution in [0.3, 0.4) is 0 Å². The average Bonchev–Trinajstić information content (AvgIpc) is 2.37. The largest absolute Gasteiger partial charge is 0.512 e. The Morgan fingerprint density at radius 1 is 1.35 bits per heavy atom. The number of carbonyl (C=O) groups excluding carboxylic acids is 1. The van der Waals surface area contributed by atoms with Crippen molar-refractivity contribution < 1.29 is 9.90 Å². The van der Waals surface area contributed by atoms with Crippen LogP contribution in [0.15, 0.2) is 40.9 Å². The topological polar surface area (TPSA) is 62.5 Å². The van der Waals surface area contributed by atoms with E-state index in [-0.39, 0.29) is 17.0 Å². The molecule has 1 aliphatic rings. The zero-order valence-corrected chi connectivity index (χ0v) is 12.2. The molecule has 0 radical (unpaired) electrons. The highest BCUT2D eigenvalue weighted by Gasteiger charge is 2.35. The fourth-order valence-electron chi connectivity index (χ4n) is 2.46. The monoisotopic (exact) mass is 272 g/mol. The maximum Gasteiger partial charge on any atom is 0.168 e. The van der Waals surface area contributed by atoms with Crippen molar-refractivity contribution in [3.8, 4) is 0 Å². The van der Waals surface area contributed by atoms with Gasteiger partial charge in [-0.2, -0.15) is 0 Å². The van der Waals surface area contributed by atoms with E-state index in [4.69, 9.17) is 0 Å². The van der Waals surface area contributed by atoms with Crippen LogP contribution in [-0.4, -0.2) is 21.6 Å². The Morgan fingerprint density at radius 2 is 2.00 bits per heavy atom. The van der Waals surface area contributed by atoms with Crippen molar-refractivity contribution in [2.24, 2.45) is 10.4 Å². The Bertz CT molecular complexity index is 571. The Balaban J connectivity index is 2.50. The molecule has 1 aromatic rings. The van der Waals surface area contributed by atoms with Crippen LogP contribution in [0.1, 0.15) is 40.0 Å². The van der Waals surface area contributed by atoms with Crippen molar-refractivity contribution in [2.75, 3.05) is 0 Å². The minimum absolute atomic E-state index is 0.0200. The lowest BCUT2D eigenvalue weighted by atomic mass is 9.73. The van der Waals surface area contributed by atoms with Gasteiger partial charge in [0.15, 0.2) is 5.78 Å². The quantitative estimate of drug-likeness (QED) is 0.658. The number of ketones is 1. The molecule has 1 aliphatic carbocycles. The molecule has 4 heteroatoms. The molecule has 4 nitrogen and oxygen atoms in total. The number of carbonyl (C=O) groups is 1. The zero-order valence-electron chi connectivity index (χ0n) is 12.2. The van der Waals surface area contributed by atoms with Gasteiger partial charge in [-0.05, 0) is 24.0 Å². The van der Waals surface area contributed by atoms with E-state index in [2.05, 4.69) is 9.98 Å². The van der Waals surface area contributed by atoms with E-state index in [0.717, 1.165) is 5.69 Å². The van der Waals surface area contributed by atoms with E-state index < -0.39 is 0 Å². The fourth-order valence-corrected chi connectivity index (χ4v) is 2.46. The molecular weight excluding hydrogens is 252 g/mol. The maximum atomic E-state index is 12.3. The first-order valence-corrected chi connectivity index (χ1v) is 6.86. The van der Waals surface area contributed by atoms with E-state index in [1.807, 2.05) is 20.8 Å². The summed E-state index contributed by atoms with van der Waals surface area (Å²) >= 11 is 0. The van der Waals surface area contributed by atoms with E-state index >= 15 is 0 Å². The van der Waals surface area contributed by atoms with Gasteiger partial charge in [0.1, 0.15) is 5.76 Å². The first kappa shape index (κ1) is 14.4. The second-order valence-corrected chi connectivity index (χ2v) is 5.88. The molecule has 20 heavy (non-hydrogen) atoms. The number of aromatic nitrogens is 1. The second kappa shape index (κ2) is 5.57. The molecule has 0 amide bonds. The van der Waals surface area contributed by atoms with Crippen molar-refractivity contribution in [1.29, 1.82) is 0 Å². The number of allylic oxidation sites excluding steroid dienone is 2. The smallest absolute Gasteiger partial charge is 0.168 e. The van der Waals surface area contributed by atoms with Crippen molar-refractivity contribution >= 4 is 17.2 Å². The average molecular weight is 272 g/mol. The van der Waals surface area contributed by atoms with Gasteiger partial charge in [0, 0.05) is 25.2 Å². The van der Waals surface area contributed by atoms with Gasteiger partial charge in [-0.1, -0.05) is 20.8 Å². The SMILES string of the molecule is CC/C(O)=C1\C(=O)CC(C)(C)CC1=Nc1ccncc1. The van der Waals surface area contributed by atoms with Crippen LogP contribution in [0.5, 0.6) is 0 Å². The van der Waals surface area contributed by atoms with Gasteiger partial charge in [-0.15, -0.1) is 0 Å². The Morgan fingerprint density at radius 3 is 2.60 bits per heavy atom. The zero-order chi connectivity index (χ0) is 14.8. The molecule has 1 aromatic heterocycles. The summed E-state index contributed by atoms with van der Waals surface area (Å²) in [4.78, 5) is 20.8. The molecule has 0 aliphatic heterocycles. The lowest BCUT2D eigenvalue weighted by Crippen LogP contribution is -2.32. The van der Waals surface area contributed by atoms with Crippen LogP contribution in [0.4, 0.5) is 5.69 Å². The molecular formula is C16H20N2O2. The van der Waals surface area contributed by atoms with Crippen molar-refractivity contribution in [2.45, 2.75) is 40.0 Å². The number of aliphatic hydroxyl groups excluding tert-OH is 1. The normalized spacial score (nSPS) is 22.9. The van der Waals surface area contributed by atoms with Gasteiger partial charge >= 0.3 is 0 Å². The maximum absolute atomic E-state index is 12.3. The molecule has 0 unspecified atom stereocenters. The summed E-state index contributed by atoms with van der Waals surface area (Å²) < 4.78 is 0. The highest BCUT2D eigenvalue weighted by molar-refractivity contribution is 6.25. The molecule has 0 spiro atoms. The fraction of sp³-hybridized carbons (Fsp3) is 0.438. The molecule has 1 heterocycles. The van der Waals surface area contributed by atoms with Crippen molar-refractivity contribution in [3.05, 3.63) is 35.9 Å². The van der Waals surface area contributed by atoms with Gasteiger partial charge in [0.25, 0.3) is 0 Å². The van der Waals surface area contributed by atoms with Crippen molar-refractivity contribution in [3.63, 3.8) is 0 Å². The van der Waals surface area contributed by atoms with Gasteiger partial charge in [-0.25, -0.2) is 0 Å². The minimum Gasteiger partial charge on any atom is -0.512 e. The lowest BCUT2D eigenvalue weighted by Gasteiger charge is -2.31. The van der Waals surface area contributed by atoms with Crippen LogP contribution in [-0.2, 0) is 4.79 Å². The summed E-state index contributed by atoms with van der Waals surface area (Å²) in [5.74, 6) is 0.117. The van der Waals surface area contributed by atoms with Gasteiger partial charge in [0.05, 0.1) is 17.0 Å². The molecule has 2 rings (SSSR count). The van der Waals surface area contributed by atoms with Crippen LogP contribution in [0.2, 0.25) is 0 Å². The van der Waals surface area contributed by atoms with Crippen LogP contribution < -0.4 is 0 Å². The third-order valence-corrected chi connectivity index (χ3v) is 3.40. The summed E-state index contributed by atoms with van der Waals surface area (Å²) in [6, 6.07) is 3.58. The van der Waals surface area contributed by atoms with Crippen LogP contribution in [0.25, 0.3) is 0 Å². The van der Waals surface area contributed by atoms with E-state index in [1.54, 1.807) is 24.5 Å². The van der Waals surface area contributed by atoms with Crippen molar-refractivity contribution in [1.82, 2.24) is 4.98 Å². The molecule has 0 atom stereocenters. The van der Waals surface area contributed by atoms with E-state index in [1.165, 1.54) is 0 Å². The molecule has 0 aromatic carbocycles. The summed E-state index contributed by atoms with van der Waals surface area (Å²) in [5, 5.41) is 10.0. The number of aliphatic hydroxyl groups is 1. The Hall–Kier alpha value is -1.97. The molecule has 0 saturated heterocycles. The van der Waals surface area contributed by atoms with Gasteiger partial charge in [0.2, 0.25) is 0 Å². The first-order chi connectivity index (χ1) is 9.43. The third kappa shape index (κ3) is 3.13. The number of hydrogen-bond acceptors (Lipinski definition) is 4. The van der Waals surface area contributed by atoms with E-state index in [9.17, 15) is 9.90 Å². The standard InChI is InChI=1S/C16H20N2O2/c1-4-13(19)15-12(9-16(2,3)10-14(15)20)18-11-5-7-17-8-6-11/h5-8,19H,4,9-10H2,1-3H3/b15-13+,18-12?. The Labute approximate surface area is 119 Å². The molecule has 1 saturated carbocycles. The molecule has 1 N–H and O–H groups in total. The number of pyridine rings is 1. The van der Waals surface area contributed by atoms with Gasteiger partial charge < -0.3 is 5.11 Å². The number of hydrogen-bond donors (Lipinski definition) is 1. The number of Topliss-reactive ketones (excluding diaryl/α,β-unsaturated/α-hetero) is 1. The lowest BCUT2D eigenvalue weighted by molar-refractivity contribution is -0.117. The number of nitrogens with zero attached hydrogens (tertiary/aromatic N) is 2. The minimum atomic E-state index is -0.125. The third-order valence-electron chi connectivity index (χ3n) is 3.40. The summed E-state index contributed by atoms with van der Waals surface area (Å²) in [6.07, 6.45) is 4.90. The second-order valence-electron chi connectivity index (χ2n) is 5.88. The van der Waals surface area contributed by atoms with Crippen LogP contribution >= 0.6 is 0 Å². The predicted molar refractivity (Wildman–Crippen MR) is 79.3 cm³/mol. The summed E-state index contributed by atoms with van der Waals surface area (Å²) in [5.41, 5.74) is 1.71. The van der Waals surface area contributed by atoms with Gasteiger partial charge in [-0.3, -0.25) is 14.8 Å². The molecule has 106 valence electrons. The Kier molecular flexibility index (Phi) is 4.02. The summed E-state index contributed by atoms with van der Waals surface area (Å²) in [7, 11) is 0. The number of rotatable bonds is 2. The highest BCUT2D eigenvalue weighted by atomic mass is 16.3. The predicted octanol–water partition coefficient (Wildman–Crippen LogP) is 3.77. The van der Waals surface area contributed by atoms with Crippen LogP contribution in [0, 0.1) is 5.41 Å².